The Labute approximate surface area is 90.7 Å². The Morgan fingerprint density at radius 2 is 2.07 bits per heavy atom. The minimum absolute atomic E-state index is 0.0356. The molecule has 86 valence electrons. The first-order valence-electron chi connectivity index (χ1n) is 5.93. The maximum absolute atomic E-state index is 11.7. The number of carbonyl (C=O) groups excluding carboxylic acids is 1. The zero-order chi connectivity index (χ0) is 10.7. The topological polar surface area (TPSA) is 50.4 Å². The highest BCUT2D eigenvalue weighted by atomic mass is 16.7. The van der Waals surface area contributed by atoms with Gasteiger partial charge in [0.25, 0.3) is 0 Å². The van der Waals surface area contributed by atoms with Crippen LogP contribution in [0.25, 0.3) is 0 Å². The number of hydrogen-bond acceptors (Lipinski definition) is 3. The molecule has 2 rings (SSSR count). The van der Waals surface area contributed by atoms with Crippen LogP contribution in [-0.2, 0) is 9.63 Å². The average Bonchev–Trinajstić information content (AvgIpc) is 2.63. The van der Waals surface area contributed by atoms with Gasteiger partial charge in [-0.2, -0.15) is 0 Å². The quantitative estimate of drug-likeness (QED) is 0.679. The highest BCUT2D eigenvalue weighted by Crippen LogP contribution is 2.20. The fraction of sp³-hybridized carbons (Fsp3) is 0.909. The van der Waals surface area contributed by atoms with Gasteiger partial charge in [-0.25, -0.2) is 5.48 Å². The molecule has 1 amide bonds. The first kappa shape index (κ1) is 10.9. The van der Waals surface area contributed by atoms with Crippen LogP contribution < -0.4 is 10.8 Å². The van der Waals surface area contributed by atoms with Crippen molar-refractivity contribution in [2.45, 2.75) is 38.7 Å². The Morgan fingerprint density at radius 3 is 2.60 bits per heavy atom. The van der Waals surface area contributed by atoms with Crippen LogP contribution in [0.5, 0.6) is 0 Å². The molecular formula is C11H20N2O2. The number of hydrogen-bond donors (Lipinski definition) is 2. The third-order valence-electron chi connectivity index (χ3n) is 3.56. The van der Waals surface area contributed by atoms with Crippen molar-refractivity contribution in [3.05, 3.63) is 0 Å². The Bertz CT molecular complexity index is 223. The molecule has 15 heavy (non-hydrogen) atoms. The van der Waals surface area contributed by atoms with Crippen molar-refractivity contribution in [2.24, 2.45) is 11.8 Å². The summed E-state index contributed by atoms with van der Waals surface area (Å²) in [6.07, 6.45) is 4.87. The van der Waals surface area contributed by atoms with E-state index >= 15 is 0 Å². The molecule has 0 radical (unpaired) electrons. The number of hydroxylamine groups is 1. The minimum Gasteiger partial charge on any atom is -0.316 e. The Balaban J connectivity index is 1.66. The van der Waals surface area contributed by atoms with Gasteiger partial charge in [0.05, 0.1) is 6.10 Å². The lowest BCUT2D eigenvalue weighted by Gasteiger charge is -2.31. The molecule has 1 saturated carbocycles. The molecule has 2 N–H and O–H groups in total. The Hall–Kier alpha value is -0.610. The summed E-state index contributed by atoms with van der Waals surface area (Å²) in [5.41, 5.74) is 2.61. The Kier molecular flexibility index (Phi) is 3.59. The summed E-state index contributed by atoms with van der Waals surface area (Å²) in [6.45, 7) is 3.88. The van der Waals surface area contributed by atoms with Gasteiger partial charge in [0, 0.05) is 5.92 Å². The number of amides is 1. The van der Waals surface area contributed by atoms with E-state index in [2.05, 4.69) is 10.8 Å². The first-order chi connectivity index (χ1) is 7.27. The zero-order valence-electron chi connectivity index (χ0n) is 9.29. The SMILES string of the molecule is CC(C(=O)NOC1CCCC1)C1CNC1. The molecule has 1 saturated heterocycles. The summed E-state index contributed by atoms with van der Waals surface area (Å²) in [6, 6.07) is 0. The monoisotopic (exact) mass is 212 g/mol. The second-order valence-electron chi connectivity index (χ2n) is 4.70. The molecule has 0 aromatic rings. The summed E-state index contributed by atoms with van der Waals surface area (Å²) in [5.74, 6) is 0.582. The third-order valence-corrected chi connectivity index (χ3v) is 3.56. The van der Waals surface area contributed by atoms with Crippen LogP contribution in [0.3, 0.4) is 0 Å². The van der Waals surface area contributed by atoms with Gasteiger partial charge in [0.2, 0.25) is 5.91 Å². The van der Waals surface area contributed by atoms with Crippen LogP contribution in [0, 0.1) is 11.8 Å². The number of nitrogens with one attached hydrogen (secondary N) is 2. The van der Waals surface area contributed by atoms with Crippen LogP contribution in [0.15, 0.2) is 0 Å². The van der Waals surface area contributed by atoms with Crippen LogP contribution in [0.1, 0.15) is 32.6 Å². The van der Waals surface area contributed by atoms with Gasteiger partial charge in [-0.05, 0) is 31.8 Å². The zero-order valence-corrected chi connectivity index (χ0v) is 9.29. The summed E-state index contributed by atoms with van der Waals surface area (Å²) >= 11 is 0. The van der Waals surface area contributed by atoms with E-state index in [0.717, 1.165) is 25.9 Å². The fourth-order valence-corrected chi connectivity index (χ4v) is 2.12. The summed E-state index contributed by atoms with van der Waals surface area (Å²) in [4.78, 5) is 17.1. The van der Waals surface area contributed by atoms with Crippen molar-refractivity contribution in [2.75, 3.05) is 13.1 Å². The van der Waals surface area contributed by atoms with Crippen molar-refractivity contribution in [3.63, 3.8) is 0 Å². The lowest BCUT2D eigenvalue weighted by atomic mass is 9.88. The van der Waals surface area contributed by atoms with E-state index in [0.29, 0.717) is 5.92 Å². The molecular weight excluding hydrogens is 192 g/mol. The van der Waals surface area contributed by atoms with E-state index in [4.69, 9.17) is 4.84 Å². The van der Waals surface area contributed by atoms with Crippen LogP contribution in [-0.4, -0.2) is 25.1 Å². The van der Waals surface area contributed by atoms with E-state index in [1.54, 1.807) is 0 Å². The molecule has 0 aromatic heterocycles. The van der Waals surface area contributed by atoms with E-state index in [1.807, 2.05) is 6.92 Å². The van der Waals surface area contributed by atoms with Crippen molar-refractivity contribution in [1.82, 2.24) is 10.8 Å². The van der Waals surface area contributed by atoms with E-state index in [1.165, 1.54) is 12.8 Å². The van der Waals surface area contributed by atoms with Crippen molar-refractivity contribution in [3.8, 4) is 0 Å². The maximum atomic E-state index is 11.7. The van der Waals surface area contributed by atoms with Gasteiger partial charge in [0.15, 0.2) is 0 Å². The summed E-state index contributed by atoms with van der Waals surface area (Å²) in [7, 11) is 0. The molecule has 1 unspecified atom stereocenters. The van der Waals surface area contributed by atoms with E-state index in [9.17, 15) is 4.79 Å². The highest BCUT2D eigenvalue weighted by molar-refractivity contribution is 5.77. The van der Waals surface area contributed by atoms with Gasteiger partial charge in [-0.15, -0.1) is 0 Å². The standard InChI is InChI=1S/C11H20N2O2/c1-8(9-6-12-7-9)11(14)13-15-10-4-2-3-5-10/h8-10,12H,2-7H2,1H3,(H,13,14). The third kappa shape index (κ3) is 2.69. The molecule has 0 aromatic carbocycles. The van der Waals surface area contributed by atoms with Crippen LogP contribution in [0.2, 0.25) is 0 Å². The predicted molar refractivity (Wildman–Crippen MR) is 57.0 cm³/mol. The molecule has 1 atom stereocenters. The average molecular weight is 212 g/mol. The van der Waals surface area contributed by atoms with Crippen molar-refractivity contribution < 1.29 is 9.63 Å². The first-order valence-corrected chi connectivity index (χ1v) is 5.93. The van der Waals surface area contributed by atoms with Gasteiger partial charge in [-0.1, -0.05) is 19.8 Å². The largest absolute Gasteiger partial charge is 0.316 e. The summed E-state index contributed by atoms with van der Waals surface area (Å²) in [5, 5.41) is 3.17. The smallest absolute Gasteiger partial charge is 0.246 e. The normalized spacial score (nSPS) is 24.9. The molecule has 1 aliphatic carbocycles. The number of carbonyl (C=O) groups is 1. The Morgan fingerprint density at radius 1 is 1.40 bits per heavy atom. The van der Waals surface area contributed by atoms with Crippen LogP contribution >= 0.6 is 0 Å². The lowest BCUT2D eigenvalue weighted by Crippen LogP contribution is -2.49. The predicted octanol–water partition coefficient (Wildman–Crippen LogP) is 0.832. The maximum Gasteiger partial charge on any atom is 0.246 e. The molecule has 4 nitrogen and oxygen atoms in total. The lowest BCUT2D eigenvalue weighted by molar-refractivity contribution is -0.144. The molecule has 0 bridgehead atoms. The second kappa shape index (κ2) is 4.94. The molecule has 4 heteroatoms. The van der Waals surface area contributed by atoms with E-state index < -0.39 is 0 Å². The van der Waals surface area contributed by atoms with Gasteiger partial charge >= 0.3 is 0 Å². The molecule has 1 heterocycles. The van der Waals surface area contributed by atoms with Gasteiger partial charge in [0.1, 0.15) is 0 Å². The summed E-state index contributed by atoms with van der Waals surface area (Å²) < 4.78 is 0. The van der Waals surface area contributed by atoms with Crippen molar-refractivity contribution in [1.29, 1.82) is 0 Å². The molecule has 0 spiro atoms. The van der Waals surface area contributed by atoms with Gasteiger partial charge < -0.3 is 5.32 Å². The van der Waals surface area contributed by atoms with Crippen molar-refractivity contribution >= 4 is 5.91 Å². The molecule has 2 fully saturated rings. The van der Waals surface area contributed by atoms with Gasteiger partial charge in [-0.3, -0.25) is 9.63 Å². The number of rotatable bonds is 4. The van der Waals surface area contributed by atoms with Crippen LogP contribution in [0.4, 0.5) is 0 Å². The second-order valence-corrected chi connectivity index (χ2v) is 4.70. The highest BCUT2D eigenvalue weighted by Gasteiger charge is 2.29. The van der Waals surface area contributed by atoms with E-state index in [-0.39, 0.29) is 17.9 Å². The minimum atomic E-state index is 0.0356. The fourth-order valence-electron chi connectivity index (χ4n) is 2.12. The molecule has 1 aliphatic heterocycles. The molecule has 2 aliphatic rings.